The van der Waals surface area contributed by atoms with Crippen molar-refractivity contribution in [2.75, 3.05) is 0 Å². The lowest BCUT2D eigenvalue weighted by Crippen LogP contribution is -2.23. The average Bonchev–Trinajstić information content (AvgIpc) is 3.18. The van der Waals surface area contributed by atoms with Gasteiger partial charge in [0.15, 0.2) is 0 Å². The van der Waals surface area contributed by atoms with Crippen molar-refractivity contribution in [3.63, 3.8) is 0 Å². The number of nitrogens with zero attached hydrogens (tertiary/aromatic N) is 1. The molecular formula is C18H21N3OS2. The van der Waals surface area contributed by atoms with Gasteiger partial charge in [0.05, 0.1) is 11.4 Å². The second kappa shape index (κ2) is 6.43. The number of fused-ring (bicyclic) bond motifs is 3. The summed E-state index contributed by atoms with van der Waals surface area (Å²) in [6, 6.07) is 4.18. The second-order valence-electron chi connectivity index (χ2n) is 6.67. The number of rotatable bonds is 4. The molecule has 126 valence electrons. The first kappa shape index (κ1) is 16.0. The van der Waals surface area contributed by atoms with Gasteiger partial charge in [0.25, 0.3) is 5.56 Å². The summed E-state index contributed by atoms with van der Waals surface area (Å²) in [4.78, 5) is 24.0. The van der Waals surface area contributed by atoms with Gasteiger partial charge in [-0.3, -0.25) is 4.79 Å². The van der Waals surface area contributed by atoms with Gasteiger partial charge in [0.2, 0.25) is 0 Å². The van der Waals surface area contributed by atoms with Crippen LogP contribution in [0, 0.1) is 5.92 Å². The Hall–Kier alpha value is -1.50. The van der Waals surface area contributed by atoms with Gasteiger partial charge in [-0.15, -0.1) is 22.7 Å². The van der Waals surface area contributed by atoms with Crippen LogP contribution in [0.15, 0.2) is 22.3 Å². The van der Waals surface area contributed by atoms with E-state index in [4.69, 9.17) is 4.98 Å². The molecule has 0 spiro atoms. The van der Waals surface area contributed by atoms with E-state index in [1.807, 2.05) is 6.92 Å². The molecule has 0 amide bonds. The number of aromatic nitrogens is 2. The minimum atomic E-state index is 0.0160. The van der Waals surface area contributed by atoms with Gasteiger partial charge in [0.1, 0.15) is 10.7 Å². The lowest BCUT2D eigenvalue weighted by molar-refractivity contribution is 0.509. The maximum Gasteiger partial charge on any atom is 0.259 e. The number of thiophene rings is 2. The minimum Gasteiger partial charge on any atom is -0.309 e. The van der Waals surface area contributed by atoms with Gasteiger partial charge in [-0.25, -0.2) is 4.98 Å². The normalized spacial score (nSPS) is 18.7. The molecule has 1 aliphatic rings. The average molecular weight is 360 g/mol. The van der Waals surface area contributed by atoms with Gasteiger partial charge < -0.3 is 10.3 Å². The van der Waals surface area contributed by atoms with Crippen molar-refractivity contribution >= 4 is 32.9 Å². The monoisotopic (exact) mass is 359 g/mol. The van der Waals surface area contributed by atoms with Crippen LogP contribution in [0.4, 0.5) is 0 Å². The number of hydrogen-bond donors (Lipinski definition) is 2. The van der Waals surface area contributed by atoms with Crippen LogP contribution in [-0.2, 0) is 19.4 Å². The van der Waals surface area contributed by atoms with E-state index in [2.05, 4.69) is 34.7 Å². The summed E-state index contributed by atoms with van der Waals surface area (Å²) in [6.45, 7) is 5.12. The molecule has 0 bridgehead atoms. The third kappa shape index (κ3) is 2.94. The summed E-state index contributed by atoms with van der Waals surface area (Å²) in [5, 5.41) is 6.35. The fraction of sp³-hybridized carbons (Fsp3) is 0.444. The van der Waals surface area contributed by atoms with E-state index < -0.39 is 0 Å². The molecule has 3 aromatic heterocycles. The molecule has 0 aromatic carbocycles. The summed E-state index contributed by atoms with van der Waals surface area (Å²) >= 11 is 3.44. The predicted molar refractivity (Wildman–Crippen MR) is 101 cm³/mol. The summed E-state index contributed by atoms with van der Waals surface area (Å²) in [7, 11) is 0. The maximum absolute atomic E-state index is 12.6. The van der Waals surface area contributed by atoms with Gasteiger partial charge >= 0.3 is 0 Å². The van der Waals surface area contributed by atoms with E-state index >= 15 is 0 Å². The lowest BCUT2D eigenvalue weighted by atomic mass is 9.89. The Morgan fingerprint density at radius 1 is 1.50 bits per heavy atom. The van der Waals surface area contributed by atoms with Crippen LogP contribution in [0.25, 0.3) is 10.2 Å². The minimum absolute atomic E-state index is 0.0160. The third-order valence-corrected chi connectivity index (χ3v) is 6.78. The van der Waals surface area contributed by atoms with Crippen LogP contribution in [-0.4, -0.2) is 9.97 Å². The molecule has 0 saturated carbocycles. The van der Waals surface area contributed by atoms with E-state index in [1.165, 1.54) is 21.7 Å². The highest BCUT2D eigenvalue weighted by atomic mass is 32.1. The summed E-state index contributed by atoms with van der Waals surface area (Å²) in [6.07, 6.45) is 3.25. The van der Waals surface area contributed by atoms with Crippen molar-refractivity contribution in [1.82, 2.24) is 15.3 Å². The topological polar surface area (TPSA) is 57.8 Å². The molecule has 0 unspecified atom stereocenters. The van der Waals surface area contributed by atoms with E-state index in [9.17, 15) is 4.79 Å². The number of H-pyrrole nitrogens is 1. The predicted octanol–water partition coefficient (Wildman–Crippen LogP) is 4.02. The number of aryl methyl sites for hydroxylation is 1. The first-order valence-electron chi connectivity index (χ1n) is 8.42. The maximum atomic E-state index is 12.6. The van der Waals surface area contributed by atoms with Crippen LogP contribution < -0.4 is 10.9 Å². The Morgan fingerprint density at radius 3 is 3.17 bits per heavy atom. The van der Waals surface area contributed by atoms with E-state index in [-0.39, 0.29) is 11.6 Å². The van der Waals surface area contributed by atoms with Gasteiger partial charge in [0, 0.05) is 16.3 Å². The number of hydrogen-bond acceptors (Lipinski definition) is 5. The molecule has 24 heavy (non-hydrogen) atoms. The Bertz CT molecular complexity index is 910. The third-order valence-electron chi connectivity index (χ3n) is 4.76. The van der Waals surface area contributed by atoms with E-state index in [1.54, 1.807) is 22.7 Å². The van der Waals surface area contributed by atoms with Crippen LogP contribution >= 0.6 is 22.7 Å². The quantitative estimate of drug-likeness (QED) is 0.740. The second-order valence-corrected chi connectivity index (χ2v) is 8.78. The zero-order valence-corrected chi connectivity index (χ0v) is 15.5. The smallest absolute Gasteiger partial charge is 0.259 e. The van der Waals surface area contributed by atoms with Gasteiger partial charge in [-0.05, 0) is 49.1 Å². The molecule has 1 aliphatic carbocycles. The van der Waals surface area contributed by atoms with Crippen molar-refractivity contribution in [1.29, 1.82) is 0 Å². The fourth-order valence-electron chi connectivity index (χ4n) is 3.33. The van der Waals surface area contributed by atoms with Crippen LogP contribution in [0.5, 0.6) is 0 Å². The molecule has 2 atom stereocenters. The zero-order chi connectivity index (χ0) is 16.7. The summed E-state index contributed by atoms with van der Waals surface area (Å²) < 4.78 is 0. The van der Waals surface area contributed by atoms with Crippen molar-refractivity contribution in [2.45, 2.75) is 45.7 Å². The molecule has 0 aliphatic heterocycles. The molecule has 3 heterocycles. The largest absolute Gasteiger partial charge is 0.309 e. The molecule has 0 saturated heterocycles. The first-order chi connectivity index (χ1) is 11.6. The Kier molecular flexibility index (Phi) is 4.28. The van der Waals surface area contributed by atoms with Crippen LogP contribution in [0.1, 0.15) is 47.5 Å². The Balaban J connectivity index is 1.64. The zero-order valence-electron chi connectivity index (χ0n) is 13.9. The van der Waals surface area contributed by atoms with Gasteiger partial charge in [-0.2, -0.15) is 0 Å². The van der Waals surface area contributed by atoms with E-state index in [0.717, 1.165) is 35.4 Å². The molecule has 4 nitrogen and oxygen atoms in total. The van der Waals surface area contributed by atoms with Gasteiger partial charge in [-0.1, -0.05) is 13.0 Å². The molecule has 0 fully saturated rings. The lowest BCUT2D eigenvalue weighted by Gasteiger charge is -2.17. The molecular weight excluding hydrogens is 338 g/mol. The fourth-order valence-corrected chi connectivity index (χ4v) is 5.38. The standard InChI is InChI=1S/C18H21N3OS2/c1-10-5-6-13-14(8-10)24-18-15(13)17(22)20-16(21-18)11(2)19-9-12-4-3-7-23-12/h3-4,7,10-11,19H,5-6,8-9H2,1-2H3,(H,20,21,22)/t10-,11+/m1/s1. The molecule has 2 N–H and O–H groups in total. The Labute approximate surface area is 149 Å². The first-order valence-corrected chi connectivity index (χ1v) is 10.1. The SMILES string of the molecule is C[C@@H]1CCc2c(sc3nc([C@H](C)NCc4cccs4)[nH]c(=O)c23)C1. The summed E-state index contributed by atoms with van der Waals surface area (Å²) in [5.74, 6) is 1.44. The molecule has 6 heteroatoms. The number of nitrogens with one attached hydrogen (secondary N) is 2. The van der Waals surface area contributed by atoms with E-state index in [0.29, 0.717) is 5.92 Å². The highest BCUT2D eigenvalue weighted by molar-refractivity contribution is 7.18. The molecule has 4 rings (SSSR count). The molecule has 3 aromatic rings. The van der Waals surface area contributed by atoms with Crippen LogP contribution in [0.3, 0.4) is 0 Å². The van der Waals surface area contributed by atoms with Crippen LogP contribution in [0.2, 0.25) is 0 Å². The summed E-state index contributed by atoms with van der Waals surface area (Å²) in [5.41, 5.74) is 1.26. The van der Waals surface area contributed by atoms with Crippen molar-refractivity contribution in [3.8, 4) is 0 Å². The number of aromatic amines is 1. The molecule has 0 radical (unpaired) electrons. The van der Waals surface area contributed by atoms with Crippen molar-refractivity contribution < 1.29 is 0 Å². The highest BCUT2D eigenvalue weighted by Crippen LogP contribution is 2.35. The van der Waals surface area contributed by atoms with Crippen molar-refractivity contribution in [3.05, 3.63) is 49.0 Å². The Morgan fingerprint density at radius 2 is 2.38 bits per heavy atom. The highest BCUT2D eigenvalue weighted by Gasteiger charge is 2.23. The van der Waals surface area contributed by atoms with Crippen molar-refractivity contribution in [2.24, 2.45) is 5.92 Å².